The van der Waals surface area contributed by atoms with Crippen molar-refractivity contribution in [2.45, 2.75) is 13.5 Å². The summed E-state index contributed by atoms with van der Waals surface area (Å²) in [5.74, 6) is 0.118. The second-order valence-corrected chi connectivity index (χ2v) is 7.65. The summed E-state index contributed by atoms with van der Waals surface area (Å²) in [5, 5.41) is 4.51. The second-order valence-electron chi connectivity index (χ2n) is 6.73. The summed E-state index contributed by atoms with van der Waals surface area (Å²) in [7, 11) is 1.52. The molecule has 1 amide bonds. The Labute approximate surface area is 175 Å². The summed E-state index contributed by atoms with van der Waals surface area (Å²) in [6.07, 6.45) is 0. The number of carbonyl (C=O) groups is 1. The van der Waals surface area contributed by atoms with E-state index in [0.29, 0.717) is 27.3 Å². The summed E-state index contributed by atoms with van der Waals surface area (Å²) in [6.45, 7) is 1.65. The average molecular weight is 421 g/mol. The van der Waals surface area contributed by atoms with E-state index >= 15 is 0 Å². The van der Waals surface area contributed by atoms with Crippen LogP contribution in [0, 0.1) is 6.92 Å². The predicted molar refractivity (Wildman–Crippen MR) is 118 cm³/mol. The minimum Gasteiger partial charge on any atom is -0.495 e. The van der Waals surface area contributed by atoms with Crippen molar-refractivity contribution < 1.29 is 9.53 Å². The molecule has 0 bridgehead atoms. The molecule has 4 rings (SSSR count). The second kappa shape index (κ2) is 8.00. The number of ether oxygens (including phenoxy) is 1. The highest BCUT2D eigenvalue weighted by molar-refractivity contribution is 7.17. The molecular weight excluding hydrogens is 402 g/mol. The quantitative estimate of drug-likeness (QED) is 0.537. The van der Waals surface area contributed by atoms with Crippen molar-refractivity contribution >= 4 is 33.1 Å². The summed E-state index contributed by atoms with van der Waals surface area (Å²) >= 11 is 1.24. The van der Waals surface area contributed by atoms with Crippen molar-refractivity contribution in [2.24, 2.45) is 0 Å². The third kappa shape index (κ3) is 3.53. The molecule has 0 aliphatic carbocycles. The lowest BCUT2D eigenvalue weighted by Gasteiger charge is -2.14. The number of anilines is 1. The van der Waals surface area contributed by atoms with Crippen LogP contribution in [0.1, 0.15) is 5.56 Å². The molecule has 0 aliphatic rings. The van der Waals surface area contributed by atoms with Gasteiger partial charge in [-0.3, -0.25) is 14.2 Å². The molecule has 0 saturated carbocycles. The molecule has 0 spiro atoms. The van der Waals surface area contributed by atoms with Gasteiger partial charge in [-0.1, -0.05) is 24.3 Å². The first-order chi connectivity index (χ1) is 14.5. The number of aryl methyl sites for hydroxylation is 1. The van der Waals surface area contributed by atoms with Gasteiger partial charge in [-0.25, -0.2) is 9.36 Å². The molecule has 2 heterocycles. The fourth-order valence-corrected chi connectivity index (χ4v) is 4.14. The molecule has 0 saturated heterocycles. The standard InChI is InChI=1S/C22H19N3O4S/c1-14-6-5-7-15(12-14)25-21(27)20-17(10-11-30-20)24(22(25)28)13-19(26)23-16-8-3-4-9-18(16)29-2/h3-12H,13H2,1-2H3,(H,23,26). The molecule has 7 nitrogen and oxygen atoms in total. The molecule has 4 aromatic rings. The van der Waals surface area contributed by atoms with Gasteiger partial charge in [0.15, 0.2) is 0 Å². The normalized spacial score (nSPS) is 10.9. The first-order valence-corrected chi connectivity index (χ1v) is 10.1. The lowest BCUT2D eigenvalue weighted by Crippen LogP contribution is -2.40. The minimum atomic E-state index is -0.563. The number of benzene rings is 2. The molecule has 8 heteroatoms. The van der Waals surface area contributed by atoms with Crippen LogP contribution in [0.5, 0.6) is 5.75 Å². The van der Waals surface area contributed by atoms with Crippen molar-refractivity contribution in [1.29, 1.82) is 0 Å². The highest BCUT2D eigenvalue weighted by Gasteiger charge is 2.18. The molecule has 0 fully saturated rings. The summed E-state index contributed by atoms with van der Waals surface area (Å²) in [4.78, 5) is 39.0. The SMILES string of the molecule is COc1ccccc1NC(=O)Cn1c(=O)n(-c2cccc(C)c2)c(=O)c2sccc21. The van der Waals surface area contributed by atoms with E-state index in [-0.39, 0.29) is 6.54 Å². The van der Waals surface area contributed by atoms with Gasteiger partial charge < -0.3 is 10.1 Å². The van der Waals surface area contributed by atoms with E-state index < -0.39 is 17.2 Å². The van der Waals surface area contributed by atoms with Crippen LogP contribution in [-0.2, 0) is 11.3 Å². The maximum Gasteiger partial charge on any atom is 0.336 e. The number of carbonyl (C=O) groups excluding carboxylic acids is 1. The van der Waals surface area contributed by atoms with Crippen LogP contribution in [0.2, 0.25) is 0 Å². The Hall–Kier alpha value is -3.65. The average Bonchev–Trinajstić information content (AvgIpc) is 3.22. The van der Waals surface area contributed by atoms with Crippen LogP contribution in [0.3, 0.4) is 0 Å². The van der Waals surface area contributed by atoms with Gasteiger partial charge in [0.2, 0.25) is 5.91 Å². The lowest BCUT2D eigenvalue weighted by atomic mass is 10.2. The first-order valence-electron chi connectivity index (χ1n) is 9.22. The molecule has 2 aromatic carbocycles. The maximum atomic E-state index is 13.3. The number of hydrogen-bond acceptors (Lipinski definition) is 5. The summed E-state index contributed by atoms with van der Waals surface area (Å²) in [5.41, 5.74) is 1.38. The Morgan fingerprint density at radius 2 is 1.90 bits per heavy atom. The Morgan fingerprint density at radius 3 is 2.67 bits per heavy atom. The number of thiophene rings is 1. The molecule has 0 radical (unpaired) electrons. The molecule has 1 N–H and O–H groups in total. The topological polar surface area (TPSA) is 82.3 Å². The van der Waals surface area contributed by atoms with E-state index in [1.165, 1.54) is 23.0 Å². The molecule has 2 aromatic heterocycles. The number of methoxy groups -OCH3 is 1. The number of nitrogens with zero attached hydrogens (tertiary/aromatic N) is 2. The van der Waals surface area contributed by atoms with Gasteiger partial charge >= 0.3 is 5.69 Å². The fraction of sp³-hybridized carbons (Fsp3) is 0.136. The van der Waals surface area contributed by atoms with Crippen LogP contribution >= 0.6 is 11.3 Å². The molecule has 0 unspecified atom stereocenters. The van der Waals surface area contributed by atoms with Crippen molar-refractivity contribution in [2.75, 3.05) is 12.4 Å². The summed E-state index contributed by atoms with van der Waals surface area (Å²) < 4.78 is 8.11. The van der Waals surface area contributed by atoms with E-state index in [0.717, 1.165) is 10.1 Å². The van der Waals surface area contributed by atoms with Gasteiger partial charge in [0, 0.05) is 0 Å². The largest absolute Gasteiger partial charge is 0.495 e. The van der Waals surface area contributed by atoms with Gasteiger partial charge in [-0.15, -0.1) is 11.3 Å². The van der Waals surface area contributed by atoms with Crippen LogP contribution in [0.4, 0.5) is 5.69 Å². The molecular formula is C22H19N3O4S. The maximum absolute atomic E-state index is 13.3. The van der Waals surface area contributed by atoms with Crippen LogP contribution < -0.4 is 21.3 Å². The van der Waals surface area contributed by atoms with Gasteiger partial charge in [0.05, 0.1) is 24.0 Å². The third-order valence-electron chi connectivity index (χ3n) is 4.70. The fourth-order valence-electron chi connectivity index (χ4n) is 3.32. The third-order valence-corrected chi connectivity index (χ3v) is 5.59. The number of hydrogen-bond donors (Lipinski definition) is 1. The van der Waals surface area contributed by atoms with E-state index in [1.807, 2.05) is 13.0 Å². The van der Waals surface area contributed by atoms with Crippen molar-refractivity contribution in [3.63, 3.8) is 0 Å². The first kappa shape index (κ1) is 19.7. The van der Waals surface area contributed by atoms with Gasteiger partial charge in [0.25, 0.3) is 5.56 Å². The number of amides is 1. The Balaban J connectivity index is 1.79. The molecule has 30 heavy (non-hydrogen) atoms. The van der Waals surface area contributed by atoms with E-state index in [1.54, 1.807) is 53.9 Å². The molecule has 0 aliphatic heterocycles. The van der Waals surface area contributed by atoms with Gasteiger partial charge in [0.1, 0.15) is 17.0 Å². The number of fused-ring (bicyclic) bond motifs is 1. The predicted octanol–water partition coefficient (Wildman–Crippen LogP) is 3.17. The zero-order valence-corrected chi connectivity index (χ0v) is 17.2. The molecule has 0 atom stereocenters. The van der Waals surface area contributed by atoms with Crippen LogP contribution in [0.15, 0.2) is 69.6 Å². The van der Waals surface area contributed by atoms with E-state index in [4.69, 9.17) is 4.74 Å². The van der Waals surface area contributed by atoms with Crippen molar-refractivity contribution in [3.8, 4) is 11.4 Å². The Kier molecular flexibility index (Phi) is 5.24. The summed E-state index contributed by atoms with van der Waals surface area (Å²) in [6, 6.07) is 15.8. The zero-order valence-electron chi connectivity index (χ0n) is 16.4. The van der Waals surface area contributed by atoms with Gasteiger partial charge in [-0.2, -0.15) is 0 Å². The number of para-hydroxylation sites is 2. The number of nitrogens with one attached hydrogen (secondary N) is 1. The van der Waals surface area contributed by atoms with E-state index in [9.17, 15) is 14.4 Å². The Morgan fingerprint density at radius 1 is 1.10 bits per heavy atom. The van der Waals surface area contributed by atoms with Gasteiger partial charge in [-0.05, 0) is 48.2 Å². The number of rotatable bonds is 5. The number of aromatic nitrogens is 2. The minimum absolute atomic E-state index is 0.240. The van der Waals surface area contributed by atoms with Crippen molar-refractivity contribution in [1.82, 2.24) is 9.13 Å². The lowest BCUT2D eigenvalue weighted by molar-refractivity contribution is -0.116. The van der Waals surface area contributed by atoms with Crippen LogP contribution in [-0.4, -0.2) is 22.2 Å². The zero-order chi connectivity index (χ0) is 21.3. The van der Waals surface area contributed by atoms with Crippen molar-refractivity contribution in [3.05, 3.63) is 86.4 Å². The highest BCUT2D eigenvalue weighted by Crippen LogP contribution is 2.23. The highest BCUT2D eigenvalue weighted by atomic mass is 32.1. The Bertz CT molecular complexity index is 1370. The van der Waals surface area contributed by atoms with Crippen LogP contribution in [0.25, 0.3) is 15.9 Å². The monoisotopic (exact) mass is 421 g/mol. The molecule has 152 valence electrons. The van der Waals surface area contributed by atoms with E-state index in [2.05, 4.69) is 5.32 Å². The smallest absolute Gasteiger partial charge is 0.336 e.